The second kappa shape index (κ2) is 8.70. The number of esters is 3. The maximum absolute atomic E-state index is 11.9. The molecule has 4 atom stereocenters. The van der Waals surface area contributed by atoms with Gasteiger partial charge in [-0.25, -0.2) is 0 Å². The minimum atomic E-state index is -1.59. The van der Waals surface area contributed by atoms with Crippen molar-refractivity contribution in [2.24, 2.45) is 0 Å². The van der Waals surface area contributed by atoms with Crippen molar-refractivity contribution in [2.45, 2.75) is 58.5 Å². The van der Waals surface area contributed by atoms with Crippen molar-refractivity contribution in [3.05, 3.63) is 41.5 Å². The van der Waals surface area contributed by atoms with Crippen LogP contribution >= 0.6 is 0 Å². The number of aliphatic hydroxyl groups excluding tert-OH is 1. The Morgan fingerprint density at radius 3 is 2.18 bits per heavy atom. The second-order valence-corrected chi connectivity index (χ2v) is 6.79. The van der Waals surface area contributed by atoms with E-state index in [0.29, 0.717) is 5.56 Å². The second-order valence-electron chi connectivity index (χ2n) is 6.79. The Hall–Kier alpha value is -2.45. The van der Waals surface area contributed by atoms with Gasteiger partial charge in [0, 0.05) is 20.8 Å². The van der Waals surface area contributed by atoms with Gasteiger partial charge in [-0.3, -0.25) is 14.4 Å². The molecule has 1 aromatic rings. The third kappa shape index (κ3) is 4.51. The van der Waals surface area contributed by atoms with E-state index >= 15 is 0 Å². The lowest BCUT2D eigenvalue weighted by atomic mass is 9.79. The van der Waals surface area contributed by atoms with Crippen molar-refractivity contribution in [3.8, 4) is 0 Å². The highest BCUT2D eigenvalue weighted by atomic mass is 16.7. The first-order chi connectivity index (χ1) is 13.1. The van der Waals surface area contributed by atoms with Crippen molar-refractivity contribution in [1.82, 2.24) is 0 Å². The first-order valence-corrected chi connectivity index (χ1v) is 8.85. The number of ether oxygens (including phenoxy) is 4. The molecule has 0 amide bonds. The Balaban J connectivity index is 2.64. The quantitative estimate of drug-likeness (QED) is 0.592. The lowest BCUT2D eigenvalue weighted by Crippen LogP contribution is -2.65. The summed E-state index contributed by atoms with van der Waals surface area (Å²) in [6.45, 7) is 6.44. The number of aryl methyl sites for hydroxylation is 1. The van der Waals surface area contributed by atoms with Gasteiger partial charge in [0.15, 0.2) is 23.9 Å². The van der Waals surface area contributed by atoms with Gasteiger partial charge in [-0.05, 0) is 25.0 Å². The number of hydrogen-bond acceptors (Lipinski definition) is 8. The van der Waals surface area contributed by atoms with Crippen LogP contribution in [0.15, 0.2) is 24.3 Å². The van der Waals surface area contributed by atoms with Gasteiger partial charge in [0.1, 0.15) is 6.10 Å². The molecule has 1 N–H and O–H groups in total. The molecule has 0 saturated carbocycles. The van der Waals surface area contributed by atoms with Crippen molar-refractivity contribution in [1.29, 1.82) is 0 Å². The minimum absolute atomic E-state index is 0.203. The molecular weight excluding hydrogens is 368 g/mol. The van der Waals surface area contributed by atoms with Crippen molar-refractivity contribution < 1.29 is 38.4 Å². The standard InChI is InChI=1S/C20H25O8/c1-11-8-6-7-9-15(11)18-20(5,28-14(4)24)19(26-13(3)23)17(25-12(2)22)16(10-21)27-18/h6-9,16-17,19,21H,10H2,1-5H3/t16-,17-,19+,20+/m1/s1. The molecule has 28 heavy (non-hydrogen) atoms. The zero-order valence-electron chi connectivity index (χ0n) is 16.6. The summed E-state index contributed by atoms with van der Waals surface area (Å²) in [6, 6.07) is 7.21. The van der Waals surface area contributed by atoms with Crippen LogP contribution in [-0.2, 0) is 33.3 Å². The fraction of sp³-hybridized carbons (Fsp3) is 0.500. The lowest BCUT2D eigenvalue weighted by molar-refractivity contribution is -0.249. The van der Waals surface area contributed by atoms with Crippen molar-refractivity contribution in [3.63, 3.8) is 0 Å². The van der Waals surface area contributed by atoms with E-state index in [2.05, 4.69) is 0 Å². The smallest absolute Gasteiger partial charge is 0.303 e. The molecule has 0 unspecified atom stereocenters. The van der Waals surface area contributed by atoms with Gasteiger partial charge in [0.25, 0.3) is 0 Å². The molecule has 1 aromatic carbocycles. The molecule has 0 bridgehead atoms. The van der Waals surface area contributed by atoms with Gasteiger partial charge in [-0.1, -0.05) is 24.3 Å². The highest BCUT2D eigenvalue weighted by Gasteiger charge is 2.60. The Morgan fingerprint density at radius 1 is 1.07 bits per heavy atom. The molecule has 153 valence electrons. The van der Waals surface area contributed by atoms with Crippen molar-refractivity contribution >= 4 is 17.9 Å². The van der Waals surface area contributed by atoms with Crippen LogP contribution in [0, 0.1) is 13.0 Å². The van der Waals surface area contributed by atoms with E-state index in [1.165, 1.54) is 27.7 Å². The fourth-order valence-corrected chi connectivity index (χ4v) is 3.36. The number of carbonyl (C=O) groups excluding carboxylic acids is 3. The topological polar surface area (TPSA) is 108 Å². The number of rotatable bonds is 5. The molecule has 0 aromatic heterocycles. The molecule has 1 fully saturated rings. The van der Waals surface area contributed by atoms with Crippen LogP contribution in [-0.4, -0.2) is 53.5 Å². The Bertz CT molecular complexity index is 745. The summed E-state index contributed by atoms with van der Waals surface area (Å²) in [5.74, 6) is -1.96. The maximum Gasteiger partial charge on any atom is 0.303 e. The molecule has 1 aliphatic heterocycles. The average molecular weight is 393 g/mol. The zero-order valence-corrected chi connectivity index (χ0v) is 16.6. The summed E-state index contributed by atoms with van der Waals surface area (Å²) in [7, 11) is 0. The zero-order chi connectivity index (χ0) is 21.1. The van der Waals surface area contributed by atoms with Crippen molar-refractivity contribution in [2.75, 3.05) is 6.61 Å². The SMILES string of the molecule is CC(=O)O[C@@H]1[C@@H](CO)O[C](c2ccccc2C)[C@](C)(OC(C)=O)[C@H]1OC(C)=O. The van der Waals surface area contributed by atoms with E-state index in [-0.39, 0.29) is 6.10 Å². The minimum Gasteiger partial charge on any atom is -0.456 e. The molecule has 1 heterocycles. The van der Waals surface area contributed by atoms with E-state index in [4.69, 9.17) is 18.9 Å². The Labute approximate surface area is 163 Å². The van der Waals surface area contributed by atoms with Gasteiger partial charge in [-0.2, -0.15) is 0 Å². The van der Waals surface area contributed by atoms with E-state index in [9.17, 15) is 19.5 Å². The monoisotopic (exact) mass is 393 g/mol. The summed E-state index contributed by atoms with van der Waals surface area (Å²) in [5, 5.41) is 9.83. The van der Waals surface area contributed by atoms with Crippen LogP contribution in [0.1, 0.15) is 38.8 Å². The van der Waals surface area contributed by atoms with Gasteiger partial charge >= 0.3 is 17.9 Å². The predicted molar refractivity (Wildman–Crippen MR) is 96.8 cm³/mol. The summed E-state index contributed by atoms with van der Waals surface area (Å²) in [4.78, 5) is 35.3. The third-order valence-electron chi connectivity index (χ3n) is 4.45. The highest BCUT2D eigenvalue weighted by molar-refractivity contribution is 5.69. The lowest BCUT2D eigenvalue weighted by Gasteiger charge is -2.50. The van der Waals surface area contributed by atoms with E-state index < -0.39 is 48.4 Å². The molecule has 2 rings (SSSR count). The number of carbonyl (C=O) groups is 3. The van der Waals surface area contributed by atoms with Gasteiger partial charge in [0.2, 0.25) is 0 Å². The first kappa shape index (κ1) is 21.8. The number of benzene rings is 1. The number of hydrogen-bond donors (Lipinski definition) is 1. The van der Waals surface area contributed by atoms with Crippen LogP contribution in [0.5, 0.6) is 0 Å². The van der Waals surface area contributed by atoms with Crippen LogP contribution in [0.2, 0.25) is 0 Å². The van der Waals surface area contributed by atoms with Gasteiger partial charge in [-0.15, -0.1) is 0 Å². The van der Waals surface area contributed by atoms with Crippen LogP contribution in [0.4, 0.5) is 0 Å². The largest absolute Gasteiger partial charge is 0.456 e. The average Bonchev–Trinajstić information content (AvgIpc) is 2.58. The summed E-state index contributed by atoms with van der Waals surface area (Å²) in [5.41, 5.74) is -0.154. The molecule has 8 nitrogen and oxygen atoms in total. The molecule has 0 spiro atoms. The Kier molecular flexibility index (Phi) is 6.79. The normalized spacial score (nSPS) is 27.7. The maximum atomic E-state index is 11.9. The number of aliphatic hydroxyl groups is 1. The highest BCUT2D eigenvalue weighted by Crippen LogP contribution is 2.45. The Morgan fingerprint density at radius 2 is 1.68 bits per heavy atom. The molecular formula is C20H25O8. The summed E-state index contributed by atoms with van der Waals surface area (Å²) < 4.78 is 22.3. The van der Waals surface area contributed by atoms with E-state index in [1.54, 1.807) is 12.1 Å². The molecule has 8 heteroatoms. The van der Waals surface area contributed by atoms with E-state index in [0.717, 1.165) is 5.56 Å². The molecule has 0 aliphatic carbocycles. The third-order valence-corrected chi connectivity index (χ3v) is 4.45. The first-order valence-electron chi connectivity index (χ1n) is 8.85. The van der Waals surface area contributed by atoms with E-state index in [1.807, 2.05) is 19.1 Å². The summed E-state index contributed by atoms with van der Waals surface area (Å²) >= 11 is 0. The summed E-state index contributed by atoms with van der Waals surface area (Å²) in [6.07, 6.45) is -3.22. The molecule has 1 saturated heterocycles. The van der Waals surface area contributed by atoms with Gasteiger partial charge < -0.3 is 24.1 Å². The predicted octanol–water partition coefficient (Wildman–Crippen LogP) is 1.45. The van der Waals surface area contributed by atoms with Crippen LogP contribution in [0.25, 0.3) is 0 Å². The molecule has 1 radical (unpaired) electrons. The fourth-order valence-electron chi connectivity index (χ4n) is 3.36. The molecule has 1 aliphatic rings. The van der Waals surface area contributed by atoms with Gasteiger partial charge in [0.05, 0.1) is 6.61 Å². The van der Waals surface area contributed by atoms with Crippen LogP contribution in [0.3, 0.4) is 0 Å². The van der Waals surface area contributed by atoms with Crippen LogP contribution < -0.4 is 0 Å².